The van der Waals surface area contributed by atoms with Gasteiger partial charge in [-0.05, 0) is 31.3 Å². The Morgan fingerprint density at radius 3 is 2.81 bits per heavy atom. The molecule has 0 atom stereocenters. The van der Waals surface area contributed by atoms with Crippen LogP contribution in [-0.2, 0) is 10.0 Å². The van der Waals surface area contributed by atoms with Crippen LogP contribution in [0.25, 0.3) is 0 Å². The van der Waals surface area contributed by atoms with Crippen LogP contribution in [0, 0.1) is 0 Å². The van der Waals surface area contributed by atoms with Crippen LogP contribution in [-0.4, -0.2) is 52.6 Å². The maximum Gasteiger partial charge on any atom is 0.240 e. The third-order valence-electron chi connectivity index (χ3n) is 3.55. The van der Waals surface area contributed by atoms with Gasteiger partial charge in [-0.1, -0.05) is 13.8 Å². The molecule has 0 unspecified atom stereocenters. The molecule has 118 valence electrons. The van der Waals surface area contributed by atoms with E-state index in [1.165, 1.54) is 0 Å². The van der Waals surface area contributed by atoms with Crippen LogP contribution in [0.15, 0.2) is 23.1 Å². The number of rotatable bonds is 7. The van der Waals surface area contributed by atoms with Crippen molar-refractivity contribution in [1.82, 2.24) is 9.62 Å². The minimum absolute atomic E-state index is 0.263. The SMILES string of the molecule is CCN(CC)CCNS(=O)(=O)c1ccc2c(c1)NCCO2. The molecule has 0 spiro atoms. The summed E-state index contributed by atoms with van der Waals surface area (Å²) in [5.41, 5.74) is 0.730. The smallest absolute Gasteiger partial charge is 0.240 e. The number of sulfonamides is 1. The van der Waals surface area contributed by atoms with Gasteiger partial charge in [0.2, 0.25) is 10.0 Å². The van der Waals surface area contributed by atoms with E-state index in [-0.39, 0.29) is 4.90 Å². The lowest BCUT2D eigenvalue weighted by molar-refractivity contribution is 0.309. The molecule has 0 bridgehead atoms. The largest absolute Gasteiger partial charge is 0.490 e. The van der Waals surface area contributed by atoms with E-state index in [0.29, 0.717) is 32.0 Å². The number of ether oxygens (including phenoxy) is 1. The Hall–Kier alpha value is -1.31. The summed E-state index contributed by atoms with van der Waals surface area (Å²) in [5.74, 6) is 0.698. The van der Waals surface area contributed by atoms with Gasteiger partial charge in [-0.2, -0.15) is 0 Å². The summed E-state index contributed by atoms with van der Waals surface area (Å²) < 4.78 is 32.6. The fourth-order valence-electron chi connectivity index (χ4n) is 2.25. The van der Waals surface area contributed by atoms with Gasteiger partial charge in [-0.3, -0.25) is 0 Å². The van der Waals surface area contributed by atoms with Gasteiger partial charge in [0.25, 0.3) is 0 Å². The first-order valence-corrected chi connectivity index (χ1v) is 8.78. The van der Waals surface area contributed by atoms with Gasteiger partial charge in [-0.25, -0.2) is 13.1 Å². The molecule has 1 heterocycles. The zero-order valence-electron chi connectivity index (χ0n) is 12.6. The van der Waals surface area contributed by atoms with Crippen LogP contribution in [0.1, 0.15) is 13.8 Å². The van der Waals surface area contributed by atoms with Crippen molar-refractivity contribution in [2.24, 2.45) is 0 Å². The Balaban J connectivity index is 2.02. The van der Waals surface area contributed by atoms with Crippen molar-refractivity contribution in [2.45, 2.75) is 18.7 Å². The van der Waals surface area contributed by atoms with Crippen molar-refractivity contribution in [3.63, 3.8) is 0 Å². The molecule has 2 N–H and O–H groups in total. The Morgan fingerprint density at radius 2 is 2.10 bits per heavy atom. The first-order chi connectivity index (χ1) is 10.1. The van der Waals surface area contributed by atoms with Crippen molar-refractivity contribution < 1.29 is 13.2 Å². The lowest BCUT2D eigenvalue weighted by Gasteiger charge is -2.20. The number of nitrogens with one attached hydrogen (secondary N) is 2. The maximum absolute atomic E-state index is 12.3. The minimum atomic E-state index is -3.48. The van der Waals surface area contributed by atoms with E-state index in [2.05, 4.69) is 28.8 Å². The monoisotopic (exact) mass is 313 g/mol. The lowest BCUT2D eigenvalue weighted by Crippen LogP contribution is -2.34. The van der Waals surface area contributed by atoms with E-state index in [4.69, 9.17) is 4.74 Å². The second-order valence-electron chi connectivity index (χ2n) is 4.86. The zero-order chi connectivity index (χ0) is 15.3. The average Bonchev–Trinajstić information content (AvgIpc) is 2.51. The summed E-state index contributed by atoms with van der Waals surface area (Å²) in [7, 11) is -3.48. The Morgan fingerprint density at radius 1 is 1.33 bits per heavy atom. The molecular weight excluding hydrogens is 290 g/mol. The van der Waals surface area contributed by atoms with E-state index in [1.807, 2.05) is 0 Å². The molecule has 0 fully saturated rings. The van der Waals surface area contributed by atoms with Gasteiger partial charge >= 0.3 is 0 Å². The summed E-state index contributed by atoms with van der Waals surface area (Å²) in [6.45, 7) is 8.35. The number of fused-ring (bicyclic) bond motifs is 1. The zero-order valence-corrected chi connectivity index (χ0v) is 13.4. The van der Waals surface area contributed by atoms with Crippen molar-refractivity contribution in [2.75, 3.05) is 44.6 Å². The number of anilines is 1. The summed E-state index contributed by atoms with van der Waals surface area (Å²) in [4.78, 5) is 2.43. The van der Waals surface area contributed by atoms with Crippen LogP contribution < -0.4 is 14.8 Å². The normalized spacial score (nSPS) is 14.4. The van der Waals surface area contributed by atoms with Gasteiger partial charge in [0.05, 0.1) is 10.6 Å². The lowest BCUT2D eigenvalue weighted by atomic mass is 10.2. The summed E-state index contributed by atoms with van der Waals surface area (Å²) in [5, 5.41) is 3.14. The van der Waals surface area contributed by atoms with Crippen LogP contribution >= 0.6 is 0 Å². The standard InChI is InChI=1S/C14H23N3O3S/c1-3-17(4-2)9-7-16-21(18,19)12-5-6-14-13(11-12)15-8-10-20-14/h5-6,11,15-16H,3-4,7-10H2,1-2H3. The van der Waals surface area contributed by atoms with Crippen molar-refractivity contribution >= 4 is 15.7 Å². The van der Waals surface area contributed by atoms with Crippen LogP contribution in [0.4, 0.5) is 5.69 Å². The molecule has 0 amide bonds. The summed E-state index contributed by atoms with van der Waals surface area (Å²) >= 11 is 0. The van der Waals surface area contributed by atoms with Crippen LogP contribution in [0.3, 0.4) is 0 Å². The minimum Gasteiger partial charge on any atom is -0.490 e. The molecule has 7 heteroatoms. The molecule has 0 aliphatic carbocycles. The maximum atomic E-state index is 12.3. The van der Waals surface area contributed by atoms with Gasteiger partial charge in [0, 0.05) is 19.6 Å². The topological polar surface area (TPSA) is 70.7 Å². The van der Waals surface area contributed by atoms with E-state index < -0.39 is 10.0 Å². The molecule has 21 heavy (non-hydrogen) atoms. The number of hydrogen-bond acceptors (Lipinski definition) is 5. The van der Waals surface area contributed by atoms with E-state index in [1.54, 1.807) is 18.2 Å². The fourth-order valence-corrected chi connectivity index (χ4v) is 3.30. The van der Waals surface area contributed by atoms with E-state index >= 15 is 0 Å². The molecule has 1 aliphatic rings. The second kappa shape index (κ2) is 7.11. The fraction of sp³-hybridized carbons (Fsp3) is 0.571. The van der Waals surface area contributed by atoms with E-state index in [0.717, 1.165) is 18.8 Å². The average molecular weight is 313 g/mol. The molecule has 0 radical (unpaired) electrons. The van der Waals surface area contributed by atoms with Crippen LogP contribution in [0.2, 0.25) is 0 Å². The molecule has 6 nitrogen and oxygen atoms in total. The van der Waals surface area contributed by atoms with Crippen molar-refractivity contribution in [1.29, 1.82) is 0 Å². The molecule has 0 saturated heterocycles. The molecule has 0 aromatic heterocycles. The Bertz CT molecular complexity index is 571. The number of likely N-dealkylation sites (N-methyl/N-ethyl adjacent to an activating group) is 1. The van der Waals surface area contributed by atoms with E-state index in [9.17, 15) is 8.42 Å². The molecule has 2 rings (SSSR count). The van der Waals surface area contributed by atoms with Gasteiger partial charge in [0.1, 0.15) is 12.4 Å². The highest BCUT2D eigenvalue weighted by Crippen LogP contribution is 2.29. The summed E-state index contributed by atoms with van der Waals surface area (Å²) in [6, 6.07) is 4.89. The molecule has 1 aromatic carbocycles. The third kappa shape index (κ3) is 4.09. The Labute approximate surface area is 126 Å². The van der Waals surface area contributed by atoms with Crippen LogP contribution in [0.5, 0.6) is 5.75 Å². The van der Waals surface area contributed by atoms with Gasteiger partial charge in [0.15, 0.2) is 0 Å². The van der Waals surface area contributed by atoms with Crippen molar-refractivity contribution in [3.8, 4) is 5.75 Å². The Kier molecular flexibility index (Phi) is 5.44. The van der Waals surface area contributed by atoms with Gasteiger partial charge < -0.3 is 15.0 Å². The first-order valence-electron chi connectivity index (χ1n) is 7.29. The second-order valence-corrected chi connectivity index (χ2v) is 6.62. The molecule has 0 saturated carbocycles. The summed E-state index contributed by atoms with van der Waals surface area (Å²) in [6.07, 6.45) is 0. The van der Waals surface area contributed by atoms with Crippen molar-refractivity contribution in [3.05, 3.63) is 18.2 Å². The number of nitrogens with zero attached hydrogens (tertiary/aromatic N) is 1. The third-order valence-corrected chi connectivity index (χ3v) is 5.01. The highest BCUT2D eigenvalue weighted by Gasteiger charge is 2.18. The molecule has 1 aliphatic heterocycles. The first kappa shape index (κ1) is 16.1. The number of hydrogen-bond donors (Lipinski definition) is 2. The quantitative estimate of drug-likeness (QED) is 0.789. The molecule has 1 aromatic rings. The molecular formula is C14H23N3O3S. The predicted octanol–water partition coefficient (Wildman–Crippen LogP) is 1.11. The number of benzene rings is 1. The predicted molar refractivity (Wildman–Crippen MR) is 83.4 cm³/mol. The highest BCUT2D eigenvalue weighted by molar-refractivity contribution is 7.89. The highest BCUT2D eigenvalue weighted by atomic mass is 32.2. The van der Waals surface area contributed by atoms with Gasteiger partial charge in [-0.15, -0.1) is 0 Å².